The van der Waals surface area contributed by atoms with Gasteiger partial charge in [-0.2, -0.15) is 0 Å². The summed E-state index contributed by atoms with van der Waals surface area (Å²) in [6.45, 7) is 8.87. The Kier molecular flexibility index (Phi) is 17.8. The Balaban J connectivity index is 0.000000163. The average molecular weight is 937 g/mol. The number of hydrogen-bond donors (Lipinski definition) is 1. The molecule has 2 saturated heterocycles. The number of carbonyl (C=O) groups is 2. The fourth-order valence-electron chi connectivity index (χ4n) is 8.56. The van der Waals surface area contributed by atoms with Crippen LogP contribution in [0.15, 0.2) is 152 Å². The van der Waals surface area contributed by atoms with Crippen LogP contribution in [0.5, 0.6) is 11.5 Å². The quantitative estimate of drug-likeness (QED) is 0.137. The number of benzene rings is 5. The molecule has 0 aliphatic carbocycles. The summed E-state index contributed by atoms with van der Waals surface area (Å²) in [4.78, 5) is 40.3. The third kappa shape index (κ3) is 14.0. The van der Waals surface area contributed by atoms with E-state index >= 15 is 0 Å². The normalized spacial score (nSPS) is 14.4. The monoisotopic (exact) mass is 936 g/mol. The van der Waals surface area contributed by atoms with Crippen molar-refractivity contribution in [2.45, 2.75) is 58.2 Å². The standard InChI is InChI=1S/C24H27FN4O2.C17H14FN3O2.C14H21N/c1-27(20-10-12-28(13-11-20)15-18-6-4-3-5-7-18)24(30)29-16-22(26-17-29)19-8-9-23(31-2)21(25)14-19;1-23-16-8-7-12(9-14(16)18)15-10-21(11-19-15)17(22)20-13-5-3-2-4-6-13;1-2-13-8-10-15(11-9-13)12-14-6-4-3-5-7-14/h3-9,14,16-17,20H,10-13,15H2,1-2H3;2-11H,1H3,(H,20,22);3-7,13H,2,8-12H2,1H3. The molecule has 2 aliphatic rings. The van der Waals surface area contributed by atoms with Crippen molar-refractivity contribution in [2.24, 2.45) is 5.92 Å². The molecule has 4 heterocycles. The van der Waals surface area contributed by atoms with Crippen molar-refractivity contribution in [2.75, 3.05) is 52.8 Å². The predicted molar refractivity (Wildman–Crippen MR) is 267 cm³/mol. The summed E-state index contributed by atoms with van der Waals surface area (Å²) in [7, 11) is 4.67. The third-order valence-electron chi connectivity index (χ3n) is 12.7. The number of aromatic nitrogens is 4. The number of amides is 2. The van der Waals surface area contributed by atoms with E-state index in [0.29, 0.717) is 28.2 Å². The smallest absolute Gasteiger partial charge is 0.331 e. The number of halogens is 2. The zero-order valence-electron chi connectivity index (χ0n) is 39.9. The van der Waals surface area contributed by atoms with E-state index in [0.717, 1.165) is 44.9 Å². The number of para-hydroxylation sites is 1. The molecule has 69 heavy (non-hydrogen) atoms. The van der Waals surface area contributed by atoms with Crippen LogP contribution in [0, 0.1) is 17.6 Å². The minimum Gasteiger partial charge on any atom is -0.494 e. The van der Waals surface area contributed by atoms with Gasteiger partial charge in [0.15, 0.2) is 23.1 Å². The number of rotatable bonds is 11. The van der Waals surface area contributed by atoms with Crippen LogP contribution in [-0.4, -0.2) is 99.4 Å². The van der Waals surface area contributed by atoms with Gasteiger partial charge >= 0.3 is 12.1 Å². The summed E-state index contributed by atoms with van der Waals surface area (Å²) in [5.74, 6) is 0.387. The predicted octanol–water partition coefficient (Wildman–Crippen LogP) is 11.3. The summed E-state index contributed by atoms with van der Waals surface area (Å²) >= 11 is 0. The van der Waals surface area contributed by atoms with Crippen LogP contribution in [0.3, 0.4) is 0 Å². The van der Waals surface area contributed by atoms with E-state index in [2.05, 4.69) is 86.6 Å². The molecule has 12 nitrogen and oxygen atoms in total. The minimum absolute atomic E-state index is 0.130. The summed E-state index contributed by atoms with van der Waals surface area (Å²) in [6.07, 6.45) is 12.1. The minimum atomic E-state index is -0.478. The number of likely N-dealkylation sites (tertiary alicyclic amines) is 2. The van der Waals surface area contributed by atoms with E-state index in [1.165, 1.54) is 97.7 Å². The van der Waals surface area contributed by atoms with Gasteiger partial charge in [-0.25, -0.2) is 28.3 Å². The SMILES string of the molecule is CCC1CCN(Cc2ccccc2)CC1.COc1ccc(-c2cn(C(=O)N(C)C3CCN(Cc4ccccc4)CC3)cn2)cc1F.COc1ccc(-c2cn(C(=O)Nc3ccccc3)cn2)cc1F. The van der Waals surface area contributed by atoms with Crippen LogP contribution in [0.2, 0.25) is 0 Å². The lowest BCUT2D eigenvalue weighted by Gasteiger charge is -2.36. The second kappa shape index (κ2) is 24.7. The highest BCUT2D eigenvalue weighted by atomic mass is 19.1. The first-order chi connectivity index (χ1) is 33.6. The lowest BCUT2D eigenvalue weighted by atomic mass is 9.94. The van der Waals surface area contributed by atoms with Gasteiger partial charge in [-0.05, 0) is 104 Å². The van der Waals surface area contributed by atoms with Crippen LogP contribution in [0.25, 0.3) is 22.5 Å². The Bertz CT molecular complexity index is 2680. The molecule has 0 radical (unpaired) electrons. The number of anilines is 1. The van der Waals surface area contributed by atoms with Crippen LogP contribution in [0.1, 0.15) is 50.2 Å². The number of piperidine rings is 2. The summed E-state index contributed by atoms with van der Waals surface area (Å²) in [5.41, 5.74) is 5.65. The molecular formula is C55H62F2N8O4. The molecule has 2 aromatic heterocycles. The molecule has 360 valence electrons. The first kappa shape index (κ1) is 49.7. The third-order valence-corrected chi connectivity index (χ3v) is 12.7. The number of hydrogen-bond acceptors (Lipinski definition) is 8. The van der Waals surface area contributed by atoms with Gasteiger partial charge in [0.2, 0.25) is 0 Å². The molecule has 0 unspecified atom stereocenters. The van der Waals surface area contributed by atoms with Gasteiger partial charge in [0, 0.05) is 68.5 Å². The van der Waals surface area contributed by atoms with E-state index in [1.54, 1.807) is 47.6 Å². The summed E-state index contributed by atoms with van der Waals surface area (Å²) in [5, 5.41) is 2.74. The molecule has 2 aliphatic heterocycles. The molecule has 7 aromatic rings. The number of nitrogens with zero attached hydrogens (tertiary/aromatic N) is 7. The molecule has 0 spiro atoms. The number of carbonyl (C=O) groups excluding carboxylic acids is 2. The molecule has 14 heteroatoms. The largest absolute Gasteiger partial charge is 0.494 e. The molecule has 5 aromatic carbocycles. The summed E-state index contributed by atoms with van der Waals surface area (Å²) < 4.78 is 40.4. The number of ether oxygens (including phenoxy) is 2. The van der Waals surface area contributed by atoms with Crippen molar-refractivity contribution in [3.8, 4) is 34.0 Å². The van der Waals surface area contributed by atoms with Gasteiger partial charge < -0.3 is 19.7 Å². The van der Waals surface area contributed by atoms with Crippen molar-refractivity contribution >= 4 is 17.7 Å². The van der Waals surface area contributed by atoms with E-state index in [9.17, 15) is 18.4 Å². The molecule has 0 atom stereocenters. The van der Waals surface area contributed by atoms with Crippen molar-refractivity contribution < 1.29 is 27.8 Å². The first-order valence-electron chi connectivity index (χ1n) is 23.5. The highest BCUT2D eigenvalue weighted by molar-refractivity contribution is 5.91. The van der Waals surface area contributed by atoms with Crippen molar-refractivity contribution in [1.82, 2.24) is 33.8 Å². The van der Waals surface area contributed by atoms with E-state index in [1.807, 2.05) is 31.3 Å². The highest BCUT2D eigenvalue weighted by Crippen LogP contribution is 2.27. The summed E-state index contributed by atoms with van der Waals surface area (Å²) in [6, 6.07) is 39.2. The maximum atomic E-state index is 14.0. The topological polar surface area (TPSA) is 110 Å². The fraction of sp³-hybridized carbons (Fsp3) is 0.309. The fourth-order valence-corrected chi connectivity index (χ4v) is 8.56. The second-order valence-electron chi connectivity index (χ2n) is 17.3. The van der Waals surface area contributed by atoms with Crippen molar-refractivity contribution in [3.05, 3.63) is 175 Å². The Hall–Kier alpha value is -7.16. The van der Waals surface area contributed by atoms with Crippen LogP contribution < -0.4 is 14.8 Å². The zero-order valence-corrected chi connectivity index (χ0v) is 39.9. The van der Waals surface area contributed by atoms with Gasteiger partial charge in [0.25, 0.3) is 0 Å². The Morgan fingerprint density at radius 1 is 0.638 bits per heavy atom. The van der Waals surface area contributed by atoms with E-state index in [-0.39, 0.29) is 29.6 Å². The second-order valence-corrected chi connectivity index (χ2v) is 17.3. The van der Waals surface area contributed by atoms with Gasteiger partial charge in [-0.3, -0.25) is 18.9 Å². The Labute approximate surface area is 404 Å². The highest BCUT2D eigenvalue weighted by Gasteiger charge is 2.27. The molecule has 2 fully saturated rings. The van der Waals surface area contributed by atoms with Crippen LogP contribution in [-0.2, 0) is 13.1 Å². The number of imidazole rings is 2. The lowest BCUT2D eigenvalue weighted by molar-refractivity contribution is 0.132. The maximum Gasteiger partial charge on any atom is 0.331 e. The zero-order chi connectivity index (χ0) is 48.5. The molecule has 0 bridgehead atoms. The van der Waals surface area contributed by atoms with Gasteiger partial charge in [0.05, 0.1) is 25.6 Å². The van der Waals surface area contributed by atoms with Gasteiger partial charge in [-0.15, -0.1) is 0 Å². The molecule has 0 saturated carbocycles. The Morgan fingerprint density at radius 3 is 1.55 bits per heavy atom. The van der Waals surface area contributed by atoms with Gasteiger partial charge in [-0.1, -0.05) is 92.2 Å². The molecular weight excluding hydrogens is 875 g/mol. The molecule has 1 N–H and O–H groups in total. The van der Waals surface area contributed by atoms with Crippen molar-refractivity contribution in [1.29, 1.82) is 0 Å². The number of methoxy groups -OCH3 is 2. The molecule has 9 rings (SSSR count). The maximum absolute atomic E-state index is 14.0. The molecule has 2 amide bonds. The van der Waals surface area contributed by atoms with E-state index < -0.39 is 11.6 Å². The lowest BCUT2D eigenvalue weighted by Crippen LogP contribution is -2.46. The van der Waals surface area contributed by atoms with Crippen LogP contribution >= 0.6 is 0 Å². The average Bonchev–Trinajstić information content (AvgIpc) is 4.10. The van der Waals surface area contributed by atoms with E-state index in [4.69, 9.17) is 9.47 Å². The number of nitrogens with one attached hydrogen (secondary N) is 1. The first-order valence-corrected chi connectivity index (χ1v) is 23.5. The van der Waals surface area contributed by atoms with Gasteiger partial charge in [0.1, 0.15) is 12.7 Å². The van der Waals surface area contributed by atoms with Crippen molar-refractivity contribution in [3.63, 3.8) is 0 Å². The van der Waals surface area contributed by atoms with Crippen LogP contribution in [0.4, 0.5) is 24.1 Å². The Morgan fingerprint density at radius 2 is 1.09 bits per heavy atom.